The van der Waals surface area contributed by atoms with E-state index in [1.54, 1.807) is 0 Å². The van der Waals surface area contributed by atoms with Crippen molar-refractivity contribution in [1.29, 1.82) is 0 Å². The quantitative estimate of drug-likeness (QED) is 0.844. The molecule has 1 fully saturated rings. The first kappa shape index (κ1) is 16.5. The van der Waals surface area contributed by atoms with Crippen molar-refractivity contribution in [2.24, 2.45) is 0 Å². The van der Waals surface area contributed by atoms with E-state index in [2.05, 4.69) is 5.32 Å². The number of carbonyl (C=O) groups is 1. The number of benzene rings is 1. The van der Waals surface area contributed by atoms with Crippen molar-refractivity contribution in [2.45, 2.75) is 23.8 Å². The van der Waals surface area contributed by atoms with E-state index in [9.17, 15) is 17.6 Å². The third-order valence-corrected chi connectivity index (χ3v) is 4.74. The number of hydrogen-bond acceptors (Lipinski definition) is 4. The molecule has 0 saturated carbocycles. The highest BCUT2D eigenvalue weighted by Crippen LogP contribution is 2.26. The van der Waals surface area contributed by atoms with Crippen LogP contribution in [0.2, 0.25) is 5.02 Å². The van der Waals surface area contributed by atoms with Crippen molar-refractivity contribution in [3.63, 3.8) is 0 Å². The zero-order valence-corrected chi connectivity index (χ0v) is 13.1. The molecular formula is C12H12Cl2FNO4S. The summed E-state index contributed by atoms with van der Waals surface area (Å²) in [6.07, 6.45) is 1.52. The first-order valence-corrected chi connectivity index (χ1v) is 8.80. The summed E-state index contributed by atoms with van der Waals surface area (Å²) in [5.41, 5.74) is -0.276. The second kappa shape index (κ2) is 6.48. The average molecular weight is 356 g/mol. The fraction of sp³-hybridized carbons (Fsp3) is 0.417. The molecule has 0 spiro atoms. The highest BCUT2D eigenvalue weighted by atomic mass is 35.7. The molecule has 1 aromatic carbocycles. The van der Waals surface area contributed by atoms with Crippen LogP contribution in [-0.4, -0.2) is 33.6 Å². The normalized spacial score (nSPS) is 19.3. The summed E-state index contributed by atoms with van der Waals surface area (Å²) in [5, 5.41) is 2.18. The first-order valence-electron chi connectivity index (χ1n) is 6.11. The van der Waals surface area contributed by atoms with E-state index in [-0.39, 0.29) is 11.6 Å². The summed E-state index contributed by atoms with van der Waals surface area (Å²) >= 11 is 5.72. The van der Waals surface area contributed by atoms with Crippen LogP contribution in [0.15, 0.2) is 17.0 Å². The Morgan fingerprint density at radius 2 is 2.14 bits per heavy atom. The van der Waals surface area contributed by atoms with Gasteiger partial charge in [-0.25, -0.2) is 12.8 Å². The fourth-order valence-corrected chi connectivity index (χ4v) is 2.95. The molecule has 1 unspecified atom stereocenters. The zero-order chi connectivity index (χ0) is 15.6. The van der Waals surface area contributed by atoms with Crippen LogP contribution in [0, 0.1) is 5.82 Å². The molecule has 9 heteroatoms. The molecule has 1 N–H and O–H groups in total. The Bertz CT molecular complexity index is 659. The number of halogens is 3. The summed E-state index contributed by atoms with van der Waals surface area (Å²) in [7, 11) is 1.000. The van der Waals surface area contributed by atoms with Crippen molar-refractivity contribution in [3.8, 4) is 0 Å². The predicted molar refractivity (Wildman–Crippen MR) is 75.8 cm³/mol. The number of carbonyl (C=O) groups excluding carboxylic acids is 1. The Hall–Kier alpha value is -0.890. The summed E-state index contributed by atoms with van der Waals surface area (Å²) in [6, 6.07) is 1.40. The lowest BCUT2D eigenvalue weighted by Gasteiger charge is -2.23. The largest absolute Gasteiger partial charge is 0.379 e. The molecule has 116 valence electrons. The second-order valence-electron chi connectivity index (χ2n) is 4.59. The van der Waals surface area contributed by atoms with Crippen LogP contribution < -0.4 is 5.32 Å². The maximum Gasteiger partial charge on any atom is 0.261 e. The van der Waals surface area contributed by atoms with Gasteiger partial charge in [-0.2, -0.15) is 0 Å². The van der Waals surface area contributed by atoms with Gasteiger partial charge in [-0.1, -0.05) is 11.6 Å². The number of ether oxygens (including phenoxy) is 1. The number of rotatable bonds is 3. The lowest BCUT2D eigenvalue weighted by Crippen LogP contribution is -2.40. The SMILES string of the molecule is O=C(NC1CCCOC1)c1cc(S(=O)(=O)Cl)cc(F)c1Cl. The number of amides is 1. The Kier molecular flexibility index (Phi) is 5.08. The smallest absolute Gasteiger partial charge is 0.261 e. The van der Waals surface area contributed by atoms with E-state index in [1.807, 2.05) is 0 Å². The zero-order valence-electron chi connectivity index (χ0n) is 10.7. The van der Waals surface area contributed by atoms with E-state index in [0.717, 1.165) is 18.9 Å². The van der Waals surface area contributed by atoms with Gasteiger partial charge in [0.25, 0.3) is 15.0 Å². The molecule has 21 heavy (non-hydrogen) atoms. The minimum atomic E-state index is -4.16. The maximum atomic E-state index is 13.6. The highest BCUT2D eigenvalue weighted by Gasteiger charge is 2.23. The average Bonchev–Trinajstić information content (AvgIpc) is 2.41. The van der Waals surface area contributed by atoms with Crippen LogP contribution in [0.25, 0.3) is 0 Å². The molecule has 1 aromatic rings. The second-order valence-corrected chi connectivity index (χ2v) is 7.54. The van der Waals surface area contributed by atoms with E-state index < -0.39 is 30.7 Å². The van der Waals surface area contributed by atoms with Crippen LogP contribution >= 0.6 is 22.3 Å². The van der Waals surface area contributed by atoms with Crippen LogP contribution in [0.1, 0.15) is 23.2 Å². The molecule has 1 saturated heterocycles. The lowest BCUT2D eigenvalue weighted by molar-refractivity contribution is 0.0624. The number of nitrogens with one attached hydrogen (secondary N) is 1. The molecule has 1 amide bonds. The van der Waals surface area contributed by atoms with Crippen LogP contribution in [-0.2, 0) is 13.8 Å². The van der Waals surface area contributed by atoms with Crippen molar-refractivity contribution >= 4 is 37.2 Å². The molecule has 0 aromatic heterocycles. The standard InChI is InChI=1S/C12H12Cl2FNO4S/c13-11-9(4-8(5-10(11)15)21(14,18)19)12(17)16-7-2-1-3-20-6-7/h4-5,7H,1-3,6H2,(H,16,17). The summed E-state index contributed by atoms with van der Waals surface area (Å²) in [5.74, 6) is -1.69. The fourth-order valence-electron chi connectivity index (χ4n) is 1.99. The molecule has 1 atom stereocenters. The molecule has 0 bridgehead atoms. The highest BCUT2D eigenvalue weighted by molar-refractivity contribution is 8.13. The van der Waals surface area contributed by atoms with E-state index in [4.69, 9.17) is 27.0 Å². The van der Waals surface area contributed by atoms with Gasteiger partial charge < -0.3 is 10.1 Å². The van der Waals surface area contributed by atoms with Crippen molar-refractivity contribution < 1.29 is 22.3 Å². The molecule has 0 radical (unpaired) electrons. The third kappa shape index (κ3) is 4.06. The molecule has 2 rings (SSSR count). The Morgan fingerprint density at radius 3 is 2.71 bits per heavy atom. The van der Waals surface area contributed by atoms with Crippen LogP contribution in [0.5, 0.6) is 0 Å². The number of hydrogen-bond donors (Lipinski definition) is 1. The van der Waals surface area contributed by atoms with E-state index in [1.165, 1.54) is 0 Å². The van der Waals surface area contributed by atoms with Crippen molar-refractivity contribution in [2.75, 3.05) is 13.2 Å². The lowest BCUT2D eigenvalue weighted by atomic mass is 10.1. The van der Waals surface area contributed by atoms with Gasteiger partial charge >= 0.3 is 0 Å². The van der Waals surface area contributed by atoms with E-state index >= 15 is 0 Å². The summed E-state index contributed by atoms with van der Waals surface area (Å²) in [4.78, 5) is 11.6. The van der Waals surface area contributed by atoms with Gasteiger partial charge in [-0.05, 0) is 25.0 Å². The van der Waals surface area contributed by atoms with Gasteiger partial charge in [0.15, 0.2) is 0 Å². The summed E-state index contributed by atoms with van der Waals surface area (Å²) < 4.78 is 41.4. The van der Waals surface area contributed by atoms with E-state index in [0.29, 0.717) is 19.3 Å². The molecule has 1 aliphatic heterocycles. The van der Waals surface area contributed by atoms with Gasteiger partial charge in [0, 0.05) is 17.3 Å². The van der Waals surface area contributed by atoms with Crippen molar-refractivity contribution in [3.05, 3.63) is 28.5 Å². The minimum absolute atomic E-state index is 0.221. The topological polar surface area (TPSA) is 72.5 Å². The van der Waals surface area contributed by atoms with Gasteiger partial charge in [0.2, 0.25) is 0 Å². The molecular weight excluding hydrogens is 344 g/mol. The molecule has 0 aliphatic carbocycles. The third-order valence-electron chi connectivity index (χ3n) is 3.02. The molecule has 5 nitrogen and oxygen atoms in total. The van der Waals surface area contributed by atoms with Crippen LogP contribution in [0.3, 0.4) is 0 Å². The first-order chi connectivity index (χ1) is 9.79. The van der Waals surface area contributed by atoms with Gasteiger partial charge in [0.05, 0.1) is 28.1 Å². The Morgan fingerprint density at radius 1 is 1.43 bits per heavy atom. The monoisotopic (exact) mass is 355 g/mol. The van der Waals surface area contributed by atoms with Crippen LogP contribution in [0.4, 0.5) is 4.39 Å². The van der Waals surface area contributed by atoms with Crippen molar-refractivity contribution in [1.82, 2.24) is 5.32 Å². The van der Waals surface area contributed by atoms with Gasteiger partial charge in [-0.3, -0.25) is 4.79 Å². The summed E-state index contributed by atoms with van der Waals surface area (Å²) in [6.45, 7) is 0.973. The Balaban J connectivity index is 2.29. The molecule has 1 aliphatic rings. The van der Waals surface area contributed by atoms with Gasteiger partial charge in [-0.15, -0.1) is 0 Å². The predicted octanol–water partition coefficient (Wildman–Crippen LogP) is 2.32. The minimum Gasteiger partial charge on any atom is -0.379 e. The van der Waals surface area contributed by atoms with Gasteiger partial charge in [0.1, 0.15) is 5.82 Å². The molecule has 1 heterocycles. The Labute approximate surface area is 130 Å². The maximum absolute atomic E-state index is 13.6.